The van der Waals surface area contributed by atoms with Gasteiger partial charge in [0.1, 0.15) is 0 Å². The highest BCUT2D eigenvalue weighted by Gasteiger charge is 2.32. The van der Waals surface area contributed by atoms with E-state index in [9.17, 15) is 9.90 Å². The first-order valence-corrected chi connectivity index (χ1v) is 8.24. The highest BCUT2D eigenvalue weighted by atomic mass is 16.5. The Morgan fingerprint density at radius 2 is 2.17 bits per heavy atom. The van der Waals surface area contributed by atoms with E-state index in [-0.39, 0.29) is 23.3 Å². The molecular formula is C17H20N4O3. The number of aromatic hydroxyl groups is 1. The van der Waals surface area contributed by atoms with Crippen molar-refractivity contribution in [2.24, 2.45) is 0 Å². The molecule has 2 aromatic rings. The monoisotopic (exact) mass is 328 g/mol. The molecule has 2 fully saturated rings. The summed E-state index contributed by atoms with van der Waals surface area (Å²) in [5.41, 5.74) is 1.33. The van der Waals surface area contributed by atoms with Crippen LogP contribution in [0.25, 0.3) is 0 Å². The number of phenols is 1. The number of hydrogen-bond donors (Lipinski definition) is 1. The minimum Gasteiger partial charge on any atom is -0.504 e. The minimum absolute atomic E-state index is 0.106. The lowest BCUT2D eigenvalue weighted by Crippen LogP contribution is -2.29. The zero-order valence-corrected chi connectivity index (χ0v) is 13.6. The summed E-state index contributed by atoms with van der Waals surface area (Å²) in [6, 6.07) is 5.10. The van der Waals surface area contributed by atoms with Crippen LogP contribution in [-0.2, 0) is 0 Å². The van der Waals surface area contributed by atoms with Gasteiger partial charge in [0.2, 0.25) is 0 Å². The molecule has 0 radical (unpaired) electrons. The van der Waals surface area contributed by atoms with Crippen molar-refractivity contribution in [3.8, 4) is 11.5 Å². The van der Waals surface area contributed by atoms with Crippen LogP contribution in [0.1, 0.15) is 47.3 Å². The predicted octanol–water partition coefficient (Wildman–Crippen LogP) is 1.96. The Labute approximate surface area is 139 Å². The number of methoxy groups -OCH3 is 1. The average molecular weight is 328 g/mol. The number of para-hydroxylation sites is 1. The Bertz CT molecular complexity index is 769. The Morgan fingerprint density at radius 3 is 2.92 bits per heavy atom. The number of carbonyl (C=O) groups excluding carboxylic acids is 1. The van der Waals surface area contributed by atoms with Gasteiger partial charge in [-0.2, -0.15) is 0 Å². The summed E-state index contributed by atoms with van der Waals surface area (Å²) in [7, 11) is 1.47. The molecule has 0 bridgehead atoms. The van der Waals surface area contributed by atoms with Crippen LogP contribution < -0.4 is 4.74 Å². The van der Waals surface area contributed by atoms with Gasteiger partial charge < -0.3 is 14.7 Å². The fraction of sp³-hybridized carbons (Fsp3) is 0.471. The minimum atomic E-state index is -0.184. The quantitative estimate of drug-likeness (QED) is 0.928. The molecule has 24 heavy (non-hydrogen) atoms. The summed E-state index contributed by atoms with van der Waals surface area (Å²) < 4.78 is 6.96. The summed E-state index contributed by atoms with van der Waals surface area (Å²) in [5, 5.41) is 18.6. The highest BCUT2D eigenvalue weighted by molar-refractivity contribution is 5.97. The molecule has 1 amide bonds. The number of rotatable bonds is 4. The molecular weight excluding hydrogens is 308 g/mol. The summed E-state index contributed by atoms with van der Waals surface area (Å²) >= 11 is 0. The number of nitrogens with zero attached hydrogens (tertiary/aromatic N) is 4. The first-order valence-electron chi connectivity index (χ1n) is 8.24. The predicted molar refractivity (Wildman–Crippen MR) is 86.2 cm³/mol. The zero-order chi connectivity index (χ0) is 16.7. The lowest BCUT2D eigenvalue weighted by Gasteiger charge is -2.18. The van der Waals surface area contributed by atoms with E-state index in [0.717, 1.165) is 12.1 Å². The molecule has 126 valence electrons. The summed E-state index contributed by atoms with van der Waals surface area (Å²) in [6.07, 6.45) is 5.25. The van der Waals surface area contributed by atoms with Crippen LogP contribution in [0, 0.1) is 0 Å². The standard InChI is InChI=1S/C17H20N4O3/c1-24-15-4-2-3-13(16(15)22)17(23)20-8-7-12(9-20)21-10-14(18-19-21)11-5-6-11/h2-4,10-12,22H,5-9H2,1H3. The van der Waals surface area contributed by atoms with E-state index in [1.54, 1.807) is 23.1 Å². The normalized spacial score (nSPS) is 20.4. The number of likely N-dealkylation sites (tertiary alicyclic amines) is 1. The highest BCUT2D eigenvalue weighted by Crippen LogP contribution is 2.39. The molecule has 4 rings (SSSR count). The fourth-order valence-corrected chi connectivity index (χ4v) is 3.21. The van der Waals surface area contributed by atoms with Gasteiger partial charge in [0.25, 0.3) is 5.91 Å². The van der Waals surface area contributed by atoms with Gasteiger partial charge in [-0.15, -0.1) is 5.10 Å². The number of ether oxygens (including phenoxy) is 1. The molecule has 1 N–H and O–H groups in total. The van der Waals surface area contributed by atoms with Gasteiger partial charge in [0.15, 0.2) is 11.5 Å². The second-order valence-corrected chi connectivity index (χ2v) is 6.45. The first-order chi connectivity index (χ1) is 11.7. The summed E-state index contributed by atoms with van der Waals surface area (Å²) in [4.78, 5) is 14.4. The largest absolute Gasteiger partial charge is 0.504 e. The van der Waals surface area contributed by atoms with E-state index < -0.39 is 0 Å². The summed E-state index contributed by atoms with van der Waals surface area (Å²) in [6.45, 7) is 1.21. The average Bonchev–Trinajstić information content (AvgIpc) is 3.13. The van der Waals surface area contributed by atoms with Crippen molar-refractivity contribution in [3.63, 3.8) is 0 Å². The number of benzene rings is 1. The lowest BCUT2D eigenvalue weighted by atomic mass is 10.1. The lowest BCUT2D eigenvalue weighted by molar-refractivity contribution is 0.0783. The molecule has 0 spiro atoms. The van der Waals surface area contributed by atoms with Gasteiger partial charge in [0, 0.05) is 25.2 Å². The second kappa shape index (κ2) is 5.81. The van der Waals surface area contributed by atoms with Crippen molar-refractivity contribution in [3.05, 3.63) is 35.7 Å². The van der Waals surface area contributed by atoms with Gasteiger partial charge in [-0.3, -0.25) is 4.79 Å². The third-order valence-corrected chi connectivity index (χ3v) is 4.80. The number of amides is 1. The van der Waals surface area contributed by atoms with Crippen molar-refractivity contribution in [1.82, 2.24) is 19.9 Å². The maximum Gasteiger partial charge on any atom is 0.257 e. The van der Waals surface area contributed by atoms with E-state index in [0.29, 0.717) is 24.8 Å². The smallest absolute Gasteiger partial charge is 0.257 e. The molecule has 1 aliphatic carbocycles. The third kappa shape index (κ3) is 2.60. The Kier molecular flexibility index (Phi) is 3.63. The van der Waals surface area contributed by atoms with Crippen LogP contribution in [0.2, 0.25) is 0 Å². The third-order valence-electron chi connectivity index (χ3n) is 4.80. The molecule has 2 aliphatic rings. The van der Waals surface area contributed by atoms with Crippen LogP contribution in [0.5, 0.6) is 11.5 Å². The van der Waals surface area contributed by atoms with Gasteiger partial charge in [-0.25, -0.2) is 4.68 Å². The number of phenolic OH excluding ortho intramolecular Hbond substituents is 1. The fourth-order valence-electron chi connectivity index (χ4n) is 3.21. The summed E-state index contributed by atoms with van der Waals surface area (Å²) in [5.74, 6) is 0.593. The molecule has 2 heterocycles. The molecule has 1 aromatic carbocycles. The van der Waals surface area contributed by atoms with Crippen LogP contribution in [0.3, 0.4) is 0 Å². The number of aromatic nitrogens is 3. The molecule has 1 saturated carbocycles. The van der Waals surface area contributed by atoms with Crippen LogP contribution in [0.4, 0.5) is 0 Å². The van der Waals surface area contributed by atoms with Crippen molar-refractivity contribution >= 4 is 5.91 Å². The molecule has 1 unspecified atom stereocenters. The van der Waals surface area contributed by atoms with Crippen molar-refractivity contribution < 1.29 is 14.6 Å². The van der Waals surface area contributed by atoms with Crippen molar-refractivity contribution in [2.45, 2.75) is 31.2 Å². The number of carbonyl (C=O) groups is 1. The molecule has 1 saturated heterocycles. The molecule has 1 aromatic heterocycles. The molecule has 7 nitrogen and oxygen atoms in total. The van der Waals surface area contributed by atoms with Crippen molar-refractivity contribution in [1.29, 1.82) is 0 Å². The van der Waals surface area contributed by atoms with Gasteiger partial charge in [-0.05, 0) is 31.4 Å². The molecule has 7 heteroatoms. The molecule has 1 aliphatic heterocycles. The van der Waals surface area contributed by atoms with Crippen LogP contribution >= 0.6 is 0 Å². The van der Waals surface area contributed by atoms with Crippen LogP contribution in [-0.4, -0.2) is 51.1 Å². The molecule has 1 atom stereocenters. The van der Waals surface area contributed by atoms with Crippen molar-refractivity contribution in [2.75, 3.05) is 20.2 Å². The second-order valence-electron chi connectivity index (χ2n) is 6.45. The Balaban J connectivity index is 1.48. The topological polar surface area (TPSA) is 80.5 Å². The van der Waals surface area contributed by atoms with Gasteiger partial charge >= 0.3 is 0 Å². The van der Waals surface area contributed by atoms with E-state index >= 15 is 0 Å². The van der Waals surface area contributed by atoms with E-state index in [1.807, 2.05) is 10.9 Å². The van der Waals surface area contributed by atoms with E-state index in [4.69, 9.17) is 4.74 Å². The van der Waals surface area contributed by atoms with Crippen LogP contribution in [0.15, 0.2) is 24.4 Å². The number of hydrogen-bond acceptors (Lipinski definition) is 5. The van der Waals surface area contributed by atoms with Gasteiger partial charge in [-0.1, -0.05) is 11.3 Å². The Hall–Kier alpha value is -2.57. The zero-order valence-electron chi connectivity index (χ0n) is 13.6. The maximum absolute atomic E-state index is 12.7. The first kappa shape index (κ1) is 15.0. The van der Waals surface area contributed by atoms with E-state index in [2.05, 4.69) is 10.3 Å². The van der Waals surface area contributed by atoms with E-state index in [1.165, 1.54) is 20.0 Å². The maximum atomic E-state index is 12.7. The van der Waals surface area contributed by atoms with Gasteiger partial charge in [0.05, 0.1) is 24.4 Å². The Morgan fingerprint density at radius 1 is 1.33 bits per heavy atom. The SMILES string of the molecule is COc1cccc(C(=O)N2CCC(n3cc(C4CC4)nn3)C2)c1O.